The number of hydrogen-bond acceptors (Lipinski definition) is 4. The van der Waals surface area contributed by atoms with Gasteiger partial charge in [-0.2, -0.15) is 5.26 Å². The summed E-state index contributed by atoms with van der Waals surface area (Å²) in [6, 6.07) is 17.4. The number of nitriles is 1. The summed E-state index contributed by atoms with van der Waals surface area (Å²) in [7, 11) is 2.95. The Bertz CT molecular complexity index is 956. The van der Waals surface area contributed by atoms with E-state index in [1.165, 1.54) is 14.2 Å². The first kappa shape index (κ1) is 16.4. The van der Waals surface area contributed by atoms with Crippen LogP contribution in [0.2, 0.25) is 0 Å². The highest BCUT2D eigenvalue weighted by molar-refractivity contribution is 5.91. The van der Waals surface area contributed by atoms with E-state index in [4.69, 9.17) is 4.84 Å². The van der Waals surface area contributed by atoms with Crippen molar-refractivity contribution < 1.29 is 9.63 Å². The molecule has 0 aliphatic heterocycles. The lowest BCUT2D eigenvalue weighted by atomic mass is 10.00. The SMILES string of the molecule is CON(C)C(=O)c1cn(-c2cccc(-c3ccccc3C#N)c2)cn1. The summed E-state index contributed by atoms with van der Waals surface area (Å²) in [6.45, 7) is 0. The maximum absolute atomic E-state index is 12.1. The molecule has 0 unspecified atom stereocenters. The number of carbonyl (C=O) groups is 1. The van der Waals surface area contributed by atoms with Crippen LogP contribution in [0.25, 0.3) is 16.8 Å². The maximum Gasteiger partial charge on any atom is 0.297 e. The standard InChI is InChI=1S/C19H16N4O2/c1-22(25-2)19(24)18-12-23(13-21-18)16-8-5-7-14(10-16)17-9-4-3-6-15(17)11-20/h3-10,12-13H,1-2H3. The van der Waals surface area contributed by atoms with Crippen molar-refractivity contribution in [2.45, 2.75) is 0 Å². The van der Waals surface area contributed by atoms with Crippen molar-refractivity contribution >= 4 is 5.91 Å². The average molecular weight is 332 g/mol. The Morgan fingerprint density at radius 2 is 2.04 bits per heavy atom. The Labute approximate surface area is 145 Å². The summed E-state index contributed by atoms with van der Waals surface area (Å²) in [6.07, 6.45) is 3.22. The molecular formula is C19H16N4O2. The Morgan fingerprint density at radius 1 is 1.24 bits per heavy atom. The van der Waals surface area contributed by atoms with Gasteiger partial charge in [-0.1, -0.05) is 30.3 Å². The van der Waals surface area contributed by atoms with Gasteiger partial charge in [0.1, 0.15) is 12.0 Å². The minimum Gasteiger partial charge on any atom is -0.305 e. The Hall–Kier alpha value is -3.43. The topological polar surface area (TPSA) is 71.2 Å². The number of aromatic nitrogens is 2. The van der Waals surface area contributed by atoms with E-state index in [0.29, 0.717) is 5.56 Å². The number of imidazole rings is 1. The predicted octanol–water partition coefficient (Wildman–Crippen LogP) is 3.04. The second-order valence-corrected chi connectivity index (χ2v) is 5.36. The zero-order chi connectivity index (χ0) is 17.8. The smallest absolute Gasteiger partial charge is 0.297 e. The van der Waals surface area contributed by atoms with Gasteiger partial charge < -0.3 is 4.57 Å². The van der Waals surface area contributed by atoms with Gasteiger partial charge in [0.05, 0.1) is 18.7 Å². The highest BCUT2D eigenvalue weighted by Crippen LogP contribution is 2.25. The van der Waals surface area contributed by atoms with Crippen LogP contribution < -0.4 is 0 Å². The molecule has 0 saturated heterocycles. The number of nitrogens with zero attached hydrogens (tertiary/aromatic N) is 4. The first-order valence-electron chi connectivity index (χ1n) is 7.60. The number of hydroxylamine groups is 2. The van der Waals surface area contributed by atoms with Gasteiger partial charge >= 0.3 is 0 Å². The molecular weight excluding hydrogens is 316 g/mol. The molecule has 0 spiro atoms. The van der Waals surface area contributed by atoms with E-state index in [1.807, 2.05) is 42.5 Å². The first-order chi connectivity index (χ1) is 12.1. The number of benzene rings is 2. The van der Waals surface area contributed by atoms with E-state index in [-0.39, 0.29) is 11.6 Å². The van der Waals surface area contributed by atoms with Crippen molar-refractivity contribution in [3.63, 3.8) is 0 Å². The summed E-state index contributed by atoms with van der Waals surface area (Å²) >= 11 is 0. The molecule has 6 nitrogen and oxygen atoms in total. The first-order valence-corrected chi connectivity index (χ1v) is 7.60. The minimum atomic E-state index is -0.327. The molecule has 6 heteroatoms. The van der Waals surface area contributed by atoms with E-state index < -0.39 is 0 Å². The number of hydrogen-bond donors (Lipinski definition) is 0. The molecule has 1 amide bonds. The molecule has 25 heavy (non-hydrogen) atoms. The maximum atomic E-state index is 12.1. The lowest BCUT2D eigenvalue weighted by Gasteiger charge is -2.11. The molecule has 0 atom stereocenters. The van der Waals surface area contributed by atoms with E-state index in [9.17, 15) is 10.1 Å². The molecule has 0 N–H and O–H groups in total. The fourth-order valence-electron chi connectivity index (χ4n) is 2.49. The quantitative estimate of drug-likeness (QED) is 0.689. The summed E-state index contributed by atoms with van der Waals surface area (Å²) < 4.78 is 1.76. The van der Waals surface area contributed by atoms with Crippen LogP contribution in [0, 0.1) is 11.3 Å². The zero-order valence-corrected chi connectivity index (χ0v) is 13.9. The van der Waals surface area contributed by atoms with Crippen molar-refractivity contribution in [2.24, 2.45) is 0 Å². The Morgan fingerprint density at radius 3 is 2.80 bits per heavy atom. The second kappa shape index (κ2) is 6.99. The molecule has 0 bridgehead atoms. The van der Waals surface area contributed by atoms with Gasteiger partial charge in [0, 0.05) is 18.9 Å². The molecule has 124 valence electrons. The van der Waals surface area contributed by atoms with Gasteiger partial charge in [-0.15, -0.1) is 0 Å². The third-order valence-electron chi connectivity index (χ3n) is 3.86. The molecule has 3 rings (SSSR count). The van der Waals surface area contributed by atoms with E-state index in [1.54, 1.807) is 23.2 Å². The van der Waals surface area contributed by atoms with Gasteiger partial charge in [0.25, 0.3) is 5.91 Å². The van der Waals surface area contributed by atoms with Crippen LogP contribution in [0.1, 0.15) is 16.1 Å². The van der Waals surface area contributed by atoms with Crippen molar-refractivity contribution in [3.8, 4) is 22.9 Å². The minimum absolute atomic E-state index is 0.284. The fourth-order valence-corrected chi connectivity index (χ4v) is 2.49. The van der Waals surface area contributed by atoms with Crippen molar-refractivity contribution in [3.05, 3.63) is 72.3 Å². The third kappa shape index (κ3) is 3.27. The van der Waals surface area contributed by atoms with Crippen molar-refractivity contribution in [2.75, 3.05) is 14.2 Å². The van der Waals surface area contributed by atoms with Crippen molar-refractivity contribution in [1.82, 2.24) is 14.6 Å². The highest BCUT2D eigenvalue weighted by Gasteiger charge is 2.15. The van der Waals surface area contributed by atoms with Crippen LogP contribution in [-0.4, -0.2) is 34.7 Å². The lowest BCUT2D eigenvalue weighted by Crippen LogP contribution is -2.25. The summed E-state index contributed by atoms with van der Waals surface area (Å²) in [5, 5.41) is 10.4. The van der Waals surface area contributed by atoms with E-state index in [0.717, 1.165) is 21.9 Å². The predicted molar refractivity (Wildman–Crippen MR) is 92.8 cm³/mol. The normalized spacial score (nSPS) is 10.3. The largest absolute Gasteiger partial charge is 0.305 e. The monoisotopic (exact) mass is 332 g/mol. The van der Waals surface area contributed by atoms with Crippen LogP contribution in [0.4, 0.5) is 0 Å². The fraction of sp³-hybridized carbons (Fsp3) is 0.105. The molecule has 1 aromatic heterocycles. The van der Waals surface area contributed by atoms with Crippen LogP contribution in [0.15, 0.2) is 61.1 Å². The van der Waals surface area contributed by atoms with Crippen LogP contribution in [0.3, 0.4) is 0 Å². The Kier molecular flexibility index (Phi) is 4.59. The average Bonchev–Trinajstić information content (AvgIpc) is 3.17. The van der Waals surface area contributed by atoms with Gasteiger partial charge in [0.2, 0.25) is 0 Å². The third-order valence-corrected chi connectivity index (χ3v) is 3.86. The Balaban J connectivity index is 1.97. The van der Waals surface area contributed by atoms with Gasteiger partial charge in [-0.3, -0.25) is 9.63 Å². The summed E-state index contributed by atoms with van der Waals surface area (Å²) in [4.78, 5) is 21.1. The molecule has 0 fully saturated rings. The molecule has 0 aliphatic carbocycles. The van der Waals surface area contributed by atoms with Gasteiger partial charge in [0.15, 0.2) is 0 Å². The highest BCUT2D eigenvalue weighted by atomic mass is 16.7. The zero-order valence-electron chi connectivity index (χ0n) is 13.9. The van der Waals surface area contributed by atoms with Crippen LogP contribution in [0.5, 0.6) is 0 Å². The molecule has 3 aromatic rings. The second-order valence-electron chi connectivity index (χ2n) is 5.36. The lowest BCUT2D eigenvalue weighted by molar-refractivity contribution is -0.0760. The molecule has 1 heterocycles. The number of amides is 1. The number of carbonyl (C=O) groups excluding carboxylic acids is 1. The van der Waals surface area contributed by atoms with E-state index in [2.05, 4.69) is 11.1 Å². The molecule has 0 saturated carbocycles. The van der Waals surface area contributed by atoms with Crippen LogP contribution >= 0.6 is 0 Å². The molecule has 0 radical (unpaired) electrons. The summed E-state index contributed by atoms with van der Waals surface area (Å²) in [5.74, 6) is -0.327. The summed E-state index contributed by atoms with van der Waals surface area (Å²) in [5.41, 5.74) is 3.53. The molecule has 0 aliphatic rings. The van der Waals surface area contributed by atoms with E-state index >= 15 is 0 Å². The molecule has 2 aromatic carbocycles. The number of rotatable bonds is 4. The van der Waals surface area contributed by atoms with Crippen LogP contribution in [-0.2, 0) is 4.84 Å². The van der Waals surface area contributed by atoms with Gasteiger partial charge in [-0.25, -0.2) is 10.0 Å². The van der Waals surface area contributed by atoms with Crippen molar-refractivity contribution in [1.29, 1.82) is 5.26 Å². The van der Waals surface area contributed by atoms with Gasteiger partial charge in [-0.05, 0) is 29.3 Å².